The van der Waals surface area contributed by atoms with E-state index in [-0.39, 0.29) is 5.75 Å². The molecule has 0 aliphatic rings. The fourth-order valence-electron chi connectivity index (χ4n) is 2.20. The van der Waals surface area contributed by atoms with Crippen molar-refractivity contribution in [2.24, 2.45) is 0 Å². The maximum absolute atomic E-state index is 11.7. The van der Waals surface area contributed by atoms with E-state index >= 15 is 0 Å². The van der Waals surface area contributed by atoms with Crippen molar-refractivity contribution in [2.45, 2.75) is 6.42 Å². The number of aromatic nitrogens is 3. The summed E-state index contributed by atoms with van der Waals surface area (Å²) in [6.07, 6.45) is 2.29. The molecule has 0 radical (unpaired) electrons. The average molecular weight is 283 g/mol. The Morgan fingerprint density at radius 3 is 2.90 bits per heavy atom. The van der Waals surface area contributed by atoms with Gasteiger partial charge in [-0.3, -0.25) is 4.40 Å². The summed E-state index contributed by atoms with van der Waals surface area (Å²) in [7, 11) is 1.33. The summed E-state index contributed by atoms with van der Waals surface area (Å²) < 4.78 is 6.48. The van der Waals surface area contributed by atoms with E-state index in [0.29, 0.717) is 23.5 Å². The zero-order valence-corrected chi connectivity index (χ0v) is 11.4. The third-order valence-electron chi connectivity index (χ3n) is 3.18. The van der Waals surface area contributed by atoms with Crippen molar-refractivity contribution in [2.75, 3.05) is 7.11 Å². The number of phenols is 1. The van der Waals surface area contributed by atoms with Crippen LogP contribution in [0.3, 0.4) is 0 Å². The molecule has 3 rings (SSSR count). The van der Waals surface area contributed by atoms with Gasteiger partial charge in [-0.25, -0.2) is 4.79 Å². The van der Waals surface area contributed by atoms with Crippen LogP contribution >= 0.6 is 0 Å². The summed E-state index contributed by atoms with van der Waals surface area (Å²) >= 11 is 0. The number of carbonyl (C=O) groups excluding carboxylic acids is 1. The van der Waals surface area contributed by atoms with E-state index in [0.717, 1.165) is 5.56 Å². The maximum Gasteiger partial charge on any atom is 0.341 e. The van der Waals surface area contributed by atoms with Crippen molar-refractivity contribution in [1.82, 2.24) is 14.6 Å². The zero-order chi connectivity index (χ0) is 14.8. The van der Waals surface area contributed by atoms with Crippen LogP contribution in [-0.2, 0) is 11.2 Å². The van der Waals surface area contributed by atoms with Gasteiger partial charge < -0.3 is 9.84 Å². The molecule has 0 saturated carbocycles. The van der Waals surface area contributed by atoms with Crippen molar-refractivity contribution in [3.05, 3.63) is 59.5 Å². The van der Waals surface area contributed by atoms with Crippen LogP contribution in [0.1, 0.15) is 21.7 Å². The monoisotopic (exact) mass is 283 g/mol. The van der Waals surface area contributed by atoms with Gasteiger partial charge >= 0.3 is 5.97 Å². The highest BCUT2D eigenvalue weighted by atomic mass is 16.5. The molecule has 0 fully saturated rings. The number of pyridine rings is 1. The Morgan fingerprint density at radius 1 is 1.29 bits per heavy atom. The van der Waals surface area contributed by atoms with Gasteiger partial charge in [-0.05, 0) is 29.8 Å². The number of phenolic OH excluding ortho intramolecular Hbond substituents is 1. The topological polar surface area (TPSA) is 76.7 Å². The second-order valence-electron chi connectivity index (χ2n) is 4.57. The molecule has 0 atom stereocenters. The number of rotatable bonds is 3. The number of ether oxygens (including phenoxy) is 1. The molecule has 0 amide bonds. The third kappa shape index (κ3) is 2.43. The minimum absolute atomic E-state index is 0.205. The summed E-state index contributed by atoms with van der Waals surface area (Å²) in [5, 5.41) is 17.7. The predicted molar refractivity (Wildman–Crippen MR) is 75.2 cm³/mol. The van der Waals surface area contributed by atoms with Gasteiger partial charge in [0, 0.05) is 12.6 Å². The Labute approximate surface area is 120 Å². The van der Waals surface area contributed by atoms with Gasteiger partial charge in [0.15, 0.2) is 5.65 Å². The lowest BCUT2D eigenvalue weighted by Crippen LogP contribution is -2.05. The SMILES string of the molecule is COC(=O)c1cccn2c(Cc3cccc(O)c3)nnc12. The molecule has 0 unspecified atom stereocenters. The lowest BCUT2D eigenvalue weighted by molar-refractivity contribution is 0.0602. The van der Waals surface area contributed by atoms with Gasteiger partial charge in [-0.2, -0.15) is 0 Å². The molecule has 0 bridgehead atoms. The third-order valence-corrected chi connectivity index (χ3v) is 3.18. The summed E-state index contributed by atoms with van der Waals surface area (Å²) in [5.41, 5.74) is 1.74. The molecule has 21 heavy (non-hydrogen) atoms. The highest BCUT2D eigenvalue weighted by Crippen LogP contribution is 2.16. The van der Waals surface area contributed by atoms with E-state index in [1.54, 1.807) is 40.9 Å². The first kappa shape index (κ1) is 13.1. The molecule has 1 N–H and O–H groups in total. The maximum atomic E-state index is 11.7. The van der Waals surface area contributed by atoms with Crippen LogP contribution in [0.5, 0.6) is 5.75 Å². The number of esters is 1. The number of nitrogens with zero attached hydrogens (tertiary/aromatic N) is 3. The van der Waals surface area contributed by atoms with Gasteiger partial charge in [0.2, 0.25) is 0 Å². The zero-order valence-electron chi connectivity index (χ0n) is 11.4. The first-order valence-electron chi connectivity index (χ1n) is 6.38. The molecule has 106 valence electrons. The number of fused-ring (bicyclic) bond motifs is 1. The van der Waals surface area contributed by atoms with Crippen molar-refractivity contribution in [3.63, 3.8) is 0 Å². The van der Waals surface area contributed by atoms with Crippen molar-refractivity contribution in [3.8, 4) is 5.75 Å². The van der Waals surface area contributed by atoms with Gasteiger partial charge in [0.05, 0.1) is 7.11 Å². The van der Waals surface area contributed by atoms with Gasteiger partial charge in [0.25, 0.3) is 0 Å². The number of benzene rings is 1. The molecule has 0 aliphatic heterocycles. The molecule has 1 aromatic carbocycles. The molecule has 0 spiro atoms. The highest BCUT2D eigenvalue weighted by Gasteiger charge is 2.15. The van der Waals surface area contributed by atoms with Crippen LogP contribution < -0.4 is 0 Å². The number of hydrogen-bond donors (Lipinski definition) is 1. The van der Waals surface area contributed by atoms with Crippen LogP contribution in [0.15, 0.2) is 42.6 Å². The first-order valence-corrected chi connectivity index (χ1v) is 6.38. The van der Waals surface area contributed by atoms with Crippen LogP contribution in [-0.4, -0.2) is 32.8 Å². The Morgan fingerprint density at radius 2 is 2.14 bits per heavy atom. The molecule has 0 aliphatic carbocycles. The first-order chi connectivity index (χ1) is 10.2. The molecule has 6 heteroatoms. The Kier molecular flexibility index (Phi) is 3.27. The predicted octanol–water partition coefficient (Wildman–Crippen LogP) is 1.81. The highest BCUT2D eigenvalue weighted by molar-refractivity contribution is 5.95. The molecule has 0 saturated heterocycles. The van der Waals surface area contributed by atoms with Crippen molar-refractivity contribution in [1.29, 1.82) is 0 Å². The van der Waals surface area contributed by atoms with E-state index in [9.17, 15) is 9.90 Å². The largest absolute Gasteiger partial charge is 0.508 e. The van der Waals surface area contributed by atoms with E-state index < -0.39 is 5.97 Å². The fourth-order valence-corrected chi connectivity index (χ4v) is 2.20. The molecule has 2 heterocycles. The van der Waals surface area contributed by atoms with Crippen LogP contribution in [0.4, 0.5) is 0 Å². The molecule has 2 aromatic heterocycles. The number of aromatic hydroxyl groups is 1. The van der Waals surface area contributed by atoms with Gasteiger partial charge in [-0.15, -0.1) is 10.2 Å². The molecular formula is C15H13N3O3. The lowest BCUT2D eigenvalue weighted by atomic mass is 10.1. The smallest absolute Gasteiger partial charge is 0.341 e. The summed E-state index contributed by atoms with van der Waals surface area (Å²) in [5.74, 6) is 0.440. The van der Waals surface area contributed by atoms with Gasteiger partial charge in [0.1, 0.15) is 17.1 Å². The second kappa shape index (κ2) is 5.24. The standard InChI is InChI=1S/C15H13N3O3/c1-21-15(20)12-6-3-7-18-13(16-17-14(12)18)9-10-4-2-5-11(19)8-10/h2-8,19H,9H2,1H3. The Bertz CT molecular complexity index is 811. The van der Waals surface area contributed by atoms with E-state index in [4.69, 9.17) is 4.74 Å². The fraction of sp³-hybridized carbons (Fsp3) is 0.133. The minimum atomic E-state index is -0.447. The van der Waals surface area contributed by atoms with E-state index in [1.807, 2.05) is 6.07 Å². The van der Waals surface area contributed by atoms with Crippen molar-refractivity contribution < 1.29 is 14.6 Å². The summed E-state index contributed by atoms with van der Waals surface area (Å²) in [6, 6.07) is 10.3. The molecule has 6 nitrogen and oxygen atoms in total. The number of methoxy groups -OCH3 is 1. The van der Waals surface area contributed by atoms with Crippen LogP contribution in [0.25, 0.3) is 5.65 Å². The van der Waals surface area contributed by atoms with Crippen LogP contribution in [0.2, 0.25) is 0 Å². The Balaban J connectivity index is 2.03. The van der Waals surface area contributed by atoms with Crippen molar-refractivity contribution >= 4 is 11.6 Å². The van der Waals surface area contributed by atoms with E-state index in [1.165, 1.54) is 7.11 Å². The normalized spacial score (nSPS) is 10.7. The van der Waals surface area contributed by atoms with Crippen LogP contribution in [0, 0.1) is 0 Å². The lowest BCUT2D eigenvalue weighted by Gasteiger charge is -2.03. The number of hydrogen-bond acceptors (Lipinski definition) is 5. The molecule has 3 aromatic rings. The average Bonchev–Trinajstić information content (AvgIpc) is 2.90. The minimum Gasteiger partial charge on any atom is -0.508 e. The van der Waals surface area contributed by atoms with E-state index in [2.05, 4.69) is 10.2 Å². The molecular weight excluding hydrogens is 270 g/mol. The summed E-state index contributed by atoms with van der Waals surface area (Å²) in [4.78, 5) is 11.7. The van der Waals surface area contributed by atoms with Gasteiger partial charge in [-0.1, -0.05) is 12.1 Å². The quantitative estimate of drug-likeness (QED) is 0.742. The number of carbonyl (C=O) groups is 1. The Hall–Kier alpha value is -2.89. The summed E-state index contributed by atoms with van der Waals surface area (Å²) in [6.45, 7) is 0. The second-order valence-corrected chi connectivity index (χ2v) is 4.57.